The summed E-state index contributed by atoms with van der Waals surface area (Å²) in [6.45, 7) is 3.70. The molecule has 1 N–H and O–H groups in total. The summed E-state index contributed by atoms with van der Waals surface area (Å²) in [5, 5.41) is 17.3. The van der Waals surface area contributed by atoms with E-state index in [1.807, 2.05) is 16.9 Å². The molecule has 1 aliphatic carbocycles. The molecule has 3 aliphatic rings. The average Bonchev–Trinajstić information content (AvgIpc) is 3.60. The number of aromatic nitrogens is 3. The minimum absolute atomic E-state index is 0.0602. The molecule has 9 heteroatoms. The van der Waals surface area contributed by atoms with Gasteiger partial charge in [0.1, 0.15) is 11.9 Å². The summed E-state index contributed by atoms with van der Waals surface area (Å²) >= 11 is 0. The summed E-state index contributed by atoms with van der Waals surface area (Å²) in [6, 6.07) is 8.85. The maximum atomic E-state index is 12.7. The van der Waals surface area contributed by atoms with Crippen LogP contribution in [-0.4, -0.2) is 65.9 Å². The Kier molecular flexibility index (Phi) is 6.43. The van der Waals surface area contributed by atoms with Crippen LogP contribution in [0, 0.1) is 17.2 Å². The molecule has 1 amide bonds. The molecule has 3 fully saturated rings. The normalized spacial score (nSPS) is 22.2. The Morgan fingerprint density at radius 2 is 1.89 bits per heavy atom. The van der Waals surface area contributed by atoms with Crippen molar-refractivity contribution in [3.63, 3.8) is 0 Å². The van der Waals surface area contributed by atoms with Crippen molar-refractivity contribution in [3.8, 4) is 17.2 Å². The van der Waals surface area contributed by atoms with Gasteiger partial charge in [-0.3, -0.25) is 4.79 Å². The van der Waals surface area contributed by atoms with Crippen LogP contribution in [-0.2, 0) is 9.53 Å². The van der Waals surface area contributed by atoms with Crippen molar-refractivity contribution in [3.05, 3.63) is 42.4 Å². The van der Waals surface area contributed by atoms with Gasteiger partial charge >= 0.3 is 0 Å². The highest BCUT2D eigenvalue weighted by Crippen LogP contribution is 2.33. The van der Waals surface area contributed by atoms with E-state index in [4.69, 9.17) is 9.72 Å². The van der Waals surface area contributed by atoms with Crippen molar-refractivity contribution in [2.24, 2.45) is 5.92 Å². The number of hydrogen-bond acceptors (Lipinski definition) is 7. The number of nitrogens with one attached hydrogen (secondary N) is 1. The minimum atomic E-state index is 0.0602. The molecule has 2 saturated heterocycles. The van der Waals surface area contributed by atoms with E-state index in [1.165, 1.54) is 12.8 Å². The van der Waals surface area contributed by atoms with Crippen LogP contribution in [0.2, 0.25) is 0 Å². The Hall–Kier alpha value is -3.64. The molecule has 3 aromatic heterocycles. The third-order valence-electron chi connectivity index (χ3n) is 8.21. The zero-order valence-corrected chi connectivity index (χ0v) is 21.3. The summed E-state index contributed by atoms with van der Waals surface area (Å²) in [5.41, 5.74) is 4.44. The zero-order valence-electron chi connectivity index (χ0n) is 21.3. The number of ether oxygens (including phenoxy) is 1. The number of nitrogens with zero attached hydrogens (tertiary/aromatic N) is 6. The first-order valence-electron chi connectivity index (χ1n) is 13.3. The van der Waals surface area contributed by atoms with Gasteiger partial charge in [-0.2, -0.15) is 10.4 Å². The van der Waals surface area contributed by atoms with Crippen molar-refractivity contribution in [1.82, 2.24) is 19.9 Å². The van der Waals surface area contributed by atoms with Gasteiger partial charge in [-0.05, 0) is 56.7 Å². The van der Waals surface area contributed by atoms with Gasteiger partial charge < -0.3 is 19.9 Å². The van der Waals surface area contributed by atoms with E-state index in [2.05, 4.69) is 44.5 Å². The lowest BCUT2D eigenvalue weighted by Gasteiger charge is -2.37. The molecule has 3 aromatic rings. The van der Waals surface area contributed by atoms with E-state index in [0.29, 0.717) is 11.7 Å². The van der Waals surface area contributed by atoms with Gasteiger partial charge in [0.05, 0.1) is 35.3 Å². The van der Waals surface area contributed by atoms with E-state index in [-0.39, 0.29) is 17.9 Å². The molecule has 0 bridgehead atoms. The number of piperidine rings is 1. The second-order valence-electron chi connectivity index (χ2n) is 10.5. The van der Waals surface area contributed by atoms with Crippen molar-refractivity contribution in [2.75, 3.05) is 43.1 Å². The Bertz CT molecular complexity index is 1310. The van der Waals surface area contributed by atoms with Crippen LogP contribution in [0.25, 0.3) is 16.6 Å². The fourth-order valence-corrected chi connectivity index (χ4v) is 5.86. The van der Waals surface area contributed by atoms with E-state index >= 15 is 0 Å². The fraction of sp³-hybridized carbons (Fsp3) is 0.500. The smallest absolute Gasteiger partial charge is 0.223 e. The molecule has 0 atom stereocenters. The number of methoxy groups -OCH3 is 1. The highest BCUT2D eigenvalue weighted by molar-refractivity contribution is 5.86. The van der Waals surface area contributed by atoms with Crippen molar-refractivity contribution in [2.45, 2.75) is 50.7 Å². The maximum absolute atomic E-state index is 12.7. The number of fused-ring (bicyclic) bond motifs is 1. The predicted molar refractivity (Wildman–Crippen MR) is 141 cm³/mol. The van der Waals surface area contributed by atoms with Crippen LogP contribution in [0.1, 0.15) is 44.1 Å². The first kappa shape index (κ1) is 23.7. The van der Waals surface area contributed by atoms with E-state index in [0.717, 1.165) is 80.0 Å². The molecule has 1 saturated carbocycles. The number of rotatable bonds is 6. The Labute approximate surface area is 217 Å². The molecule has 0 unspecified atom stereocenters. The van der Waals surface area contributed by atoms with Crippen LogP contribution < -0.4 is 15.1 Å². The zero-order chi connectivity index (χ0) is 25.4. The Morgan fingerprint density at radius 1 is 1.11 bits per heavy atom. The maximum Gasteiger partial charge on any atom is 0.223 e. The molecule has 0 spiro atoms. The third kappa shape index (κ3) is 4.62. The largest absolute Gasteiger partial charge is 0.381 e. The summed E-state index contributed by atoms with van der Waals surface area (Å²) in [6.07, 6.45) is 11.7. The van der Waals surface area contributed by atoms with E-state index in [1.54, 1.807) is 13.3 Å². The predicted octanol–water partition coefficient (Wildman–Crippen LogP) is 3.38. The van der Waals surface area contributed by atoms with Gasteiger partial charge in [-0.25, -0.2) is 9.50 Å². The van der Waals surface area contributed by atoms with Gasteiger partial charge in [0.15, 0.2) is 0 Å². The van der Waals surface area contributed by atoms with Crippen molar-refractivity contribution < 1.29 is 9.53 Å². The van der Waals surface area contributed by atoms with E-state index < -0.39 is 0 Å². The van der Waals surface area contributed by atoms with Gasteiger partial charge in [-0.15, -0.1) is 0 Å². The number of pyridine rings is 2. The van der Waals surface area contributed by atoms with Crippen LogP contribution in [0.4, 0.5) is 11.5 Å². The molecular weight excluding hydrogens is 466 g/mol. The standard InChI is InChI=1S/C28H33N7O2/c1-37-24-12-22(13-24)32-28(36)19-6-10-34(11-7-19)26-5-4-20(16-30-26)25-14-23(33-8-2-3-9-33)18-35-27(25)21(15-29)17-31-35/h4-5,14,16-19,22,24H,2-3,6-13H2,1H3,(H,32,36)/t22-,24+. The summed E-state index contributed by atoms with van der Waals surface area (Å²) in [5.74, 6) is 1.16. The van der Waals surface area contributed by atoms with Crippen LogP contribution in [0.5, 0.6) is 0 Å². The van der Waals surface area contributed by atoms with Crippen LogP contribution >= 0.6 is 0 Å². The average molecular weight is 500 g/mol. The van der Waals surface area contributed by atoms with Gasteiger partial charge in [0.25, 0.3) is 0 Å². The minimum Gasteiger partial charge on any atom is -0.381 e. The lowest BCUT2D eigenvalue weighted by molar-refractivity contribution is -0.128. The molecule has 192 valence electrons. The molecule has 37 heavy (non-hydrogen) atoms. The number of amides is 1. The quantitative estimate of drug-likeness (QED) is 0.555. The van der Waals surface area contributed by atoms with Gasteiger partial charge in [0.2, 0.25) is 5.91 Å². The number of anilines is 2. The number of nitriles is 1. The summed E-state index contributed by atoms with van der Waals surface area (Å²) in [4.78, 5) is 22.1. The number of hydrogen-bond donors (Lipinski definition) is 1. The summed E-state index contributed by atoms with van der Waals surface area (Å²) in [7, 11) is 1.73. The molecule has 6 rings (SSSR count). The SMILES string of the molecule is CO[C@H]1C[C@@H](NC(=O)C2CCN(c3ccc(-c4cc(N5CCCC5)cn5ncc(C#N)c45)cn3)CC2)C1. The second kappa shape index (κ2) is 10.0. The molecule has 9 nitrogen and oxygen atoms in total. The first-order valence-corrected chi connectivity index (χ1v) is 13.3. The Morgan fingerprint density at radius 3 is 2.57 bits per heavy atom. The molecular formula is C28H33N7O2. The highest BCUT2D eigenvalue weighted by Gasteiger charge is 2.33. The molecule has 0 radical (unpaired) electrons. The summed E-state index contributed by atoms with van der Waals surface area (Å²) < 4.78 is 7.14. The van der Waals surface area contributed by atoms with E-state index in [9.17, 15) is 10.1 Å². The topological polar surface area (TPSA) is 98.8 Å². The lowest BCUT2D eigenvalue weighted by atomic mass is 9.88. The number of carbonyl (C=O) groups excluding carboxylic acids is 1. The Balaban J connectivity index is 1.16. The monoisotopic (exact) mass is 499 g/mol. The van der Waals surface area contributed by atoms with Crippen LogP contribution in [0.3, 0.4) is 0 Å². The highest BCUT2D eigenvalue weighted by atomic mass is 16.5. The first-order chi connectivity index (χ1) is 18.1. The molecule has 5 heterocycles. The van der Waals surface area contributed by atoms with Crippen molar-refractivity contribution in [1.29, 1.82) is 5.26 Å². The molecule has 2 aliphatic heterocycles. The van der Waals surface area contributed by atoms with Crippen molar-refractivity contribution >= 4 is 22.9 Å². The second-order valence-corrected chi connectivity index (χ2v) is 10.5. The lowest BCUT2D eigenvalue weighted by Crippen LogP contribution is -2.50. The third-order valence-corrected chi connectivity index (χ3v) is 8.21. The van der Waals surface area contributed by atoms with Crippen LogP contribution in [0.15, 0.2) is 36.8 Å². The van der Waals surface area contributed by atoms with Gasteiger partial charge in [0, 0.05) is 62.6 Å². The molecule has 0 aromatic carbocycles. The fourth-order valence-electron chi connectivity index (χ4n) is 5.86. The number of carbonyl (C=O) groups is 1. The van der Waals surface area contributed by atoms with Gasteiger partial charge in [-0.1, -0.05) is 0 Å².